The minimum Gasteiger partial charge on any atom is -0.415 e. The Labute approximate surface area is 151 Å². The van der Waals surface area contributed by atoms with Gasteiger partial charge in [-0.2, -0.15) is 5.26 Å². The molecule has 3 rings (SSSR count). The second-order valence-corrected chi connectivity index (χ2v) is 7.17. The van der Waals surface area contributed by atoms with Crippen LogP contribution < -0.4 is 10.9 Å². The summed E-state index contributed by atoms with van der Waals surface area (Å²) in [5, 5.41) is 14.0. The number of halogens is 2. The summed E-state index contributed by atoms with van der Waals surface area (Å²) in [5.41, 5.74) is 0.563. The molecule has 0 fully saturated rings. The van der Waals surface area contributed by atoms with Gasteiger partial charge in [-0.1, -0.05) is 6.07 Å². The number of aromatic nitrogens is 1. The van der Waals surface area contributed by atoms with Crippen LogP contribution in [0.5, 0.6) is 0 Å². The van der Waals surface area contributed by atoms with Gasteiger partial charge in [0.2, 0.25) is 10.0 Å². The van der Waals surface area contributed by atoms with Gasteiger partial charge in [0.15, 0.2) is 0 Å². The first-order valence-corrected chi connectivity index (χ1v) is 8.92. The van der Waals surface area contributed by atoms with Crippen molar-refractivity contribution in [2.75, 3.05) is 0 Å². The summed E-state index contributed by atoms with van der Waals surface area (Å²) < 4.78 is 57.0. The van der Waals surface area contributed by atoms with E-state index in [0.717, 1.165) is 10.8 Å². The molecule has 27 heavy (non-hydrogen) atoms. The van der Waals surface area contributed by atoms with Gasteiger partial charge in [-0.15, -0.1) is 0 Å². The van der Waals surface area contributed by atoms with E-state index in [1.165, 1.54) is 12.1 Å². The SMILES string of the molecule is Cc1ccc(-n2c(-c3cc(F)c(S(N)(=O)=O)cc3F)coc2=O)cc1C#N. The predicted octanol–water partition coefficient (Wildman–Crippen LogP) is 2.20. The standard InChI is InChI=1S/C17H11F2N3O4S/c1-9-2-3-11(4-10(9)7-20)22-15(8-26-17(22)23)12-5-14(19)16(6-13(12)18)27(21,24)25/h2-6,8H,1H3,(H2,21,24,25). The molecular weight excluding hydrogens is 380 g/mol. The van der Waals surface area contributed by atoms with Crippen LogP contribution in [0.3, 0.4) is 0 Å². The maximum atomic E-state index is 14.5. The fourth-order valence-corrected chi connectivity index (χ4v) is 3.15. The molecule has 0 spiro atoms. The number of hydrogen-bond acceptors (Lipinski definition) is 5. The van der Waals surface area contributed by atoms with Crippen LogP contribution in [0.15, 0.2) is 50.7 Å². The van der Waals surface area contributed by atoms with E-state index in [-0.39, 0.29) is 16.9 Å². The lowest BCUT2D eigenvalue weighted by Gasteiger charge is -2.10. The molecule has 0 atom stereocenters. The van der Waals surface area contributed by atoms with Crippen LogP contribution in [0.4, 0.5) is 8.78 Å². The van der Waals surface area contributed by atoms with Crippen molar-refractivity contribution >= 4 is 10.0 Å². The monoisotopic (exact) mass is 391 g/mol. The number of nitrogens with two attached hydrogens (primary N) is 1. The Balaban J connectivity index is 2.27. The lowest BCUT2D eigenvalue weighted by atomic mass is 10.1. The molecule has 0 aliphatic rings. The van der Waals surface area contributed by atoms with Gasteiger partial charge in [0.05, 0.1) is 23.0 Å². The molecule has 0 bridgehead atoms. The molecule has 2 aromatic carbocycles. The van der Waals surface area contributed by atoms with Crippen molar-refractivity contribution in [2.45, 2.75) is 11.8 Å². The van der Waals surface area contributed by atoms with Gasteiger partial charge in [-0.3, -0.25) is 0 Å². The fourth-order valence-electron chi connectivity index (χ4n) is 2.55. The van der Waals surface area contributed by atoms with E-state index in [9.17, 15) is 22.0 Å². The van der Waals surface area contributed by atoms with Gasteiger partial charge in [-0.25, -0.2) is 31.7 Å². The van der Waals surface area contributed by atoms with E-state index in [0.29, 0.717) is 17.7 Å². The number of nitriles is 1. The van der Waals surface area contributed by atoms with Crippen molar-refractivity contribution in [3.63, 3.8) is 0 Å². The molecule has 10 heteroatoms. The van der Waals surface area contributed by atoms with Gasteiger partial charge in [0.1, 0.15) is 22.8 Å². The predicted molar refractivity (Wildman–Crippen MR) is 90.5 cm³/mol. The summed E-state index contributed by atoms with van der Waals surface area (Å²) in [6, 6.07) is 7.47. The highest BCUT2D eigenvalue weighted by Gasteiger charge is 2.22. The first-order valence-electron chi connectivity index (χ1n) is 7.37. The van der Waals surface area contributed by atoms with Crippen LogP contribution >= 0.6 is 0 Å². The molecule has 2 N–H and O–H groups in total. The van der Waals surface area contributed by atoms with Gasteiger partial charge < -0.3 is 4.42 Å². The fraction of sp³-hybridized carbons (Fsp3) is 0.0588. The van der Waals surface area contributed by atoms with Crippen LogP contribution in [0, 0.1) is 29.9 Å². The number of rotatable bonds is 3. The Morgan fingerprint density at radius 3 is 2.52 bits per heavy atom. The largest absolute Gasteiger partial charge is 0.424 e. The third-order valence-corrected chi connectivity index (χ3v) is 4.82. The average Bonchev–Trinajstić information content (AvgIpc) is 2.97. The van der Waals surface area contributed by atoms with E-state index in [1.54, 1.807) is 13.0 Å². The second-order valence-electron chi connectivity index (χ2n) is 5.64. The first kappa shape index (κ1) is 18.5. The number of hydrogen-bond donors (Lipinski definition) is 1. The Kier molecular flexibility index (Phi) is 4.43. The number of oxazole rings is 1. The van der Waals surface area contributed by atoms with Crippen molar-refractivity contribution in [1.82, 2.24) is 4.57 Å². The molecule has 0 radical (unpaired) electrons. The normalized spacial score (nSPS) is 11.4. The minimum absolute atomic E-state index is 0.162. The summed E-state index contributed by atoms with van der Waals surface area (Å²) in [4.78, 5) is 11.1. The molecule has 0 aliphatic heterocycles. The Hall–Kier alpha value is -3.29. The smallest absolute Gasteiger partial charge is 0.415 e. The first-order chi connectivity index (χ1) is 12.6. The Morgan fingerprint density at radius 1 is 1.19 bits per heavy atom. The van der Waals surface area contributed by atoms with Crippen molar-refractivity contribution in [3.05, 3.63) is 69.9 Å². The molecule has 1 aromatic heterocycles. The summed E-state index contributed by atoms with van der Waals surface area (Å²) in [6.45, 7) is 1.70. The molecule has 0 saturated heterocycles. The summed E-state index contributed by atoms with van der Waals surface area (Å²) in [6.07, 6.45) is 0.905. The number of benzene rings is 2. The number of nitrogens with zero attached hydrogens (tertiary/aromatic N) is 2. The van der Waals surface area contributed by atoms with Crippen LogP contribution in [-0.4, -0.2) is 13.0 Å². The summed E-state index contributed by atoms with van der Waals surface area (Å²) in [7, 11) is -4.47. The third kappa shape index (κ3) is 3.25. The van der Waals surface area contributed by atoms with Crippen LogP contribution in [0.25, 0.3) is 16.9 Å². The van der Waals surface area contributed by atoms with Crippen molar-refractivity contribution < 1.29 is 21.6 Å². The molecule has 1 heterocycles. The zero-order valence-corrected chi connectivity index (χ0v) is 14.5. The molecule has 138 valence electrons. The van der Waals surface area contributed by atoms with E-state index in [1.807, 2.05) is 6.07 Å². The van der Waals surface area contributed by atoms with Crippen LogP contribution in [-0.2, 0) is 10.0 Å². The number of primary sulfonamides is 1. The van der Waals surface area contributed by atoms with Gasteiger partial charge in [0.25, 0.3) is 0 Å². The maximum Gasteiger partial charge on any atom is 0.424 e. The number of sulfonamides is 1. The summed E-state index contributed by atoms with van der Waals surface area (Å²) in [5.74, 6) is -3.30. The molecule has 7 nitrogen and oxygen atoms in total. The Morgan fingerprint density at radius 2 is 1.89 bits per heavy atom. The average molecular weight is 391 g/mol. The molecular formula is C17H11F2N3O4S. The quantitative estimate of drug-likeness (QED) is 0.734. The molecule has 0 unspecified atom stereocenters. The van der Waals surface area contributed by atoms with E-state index in [2.05, 4.69) is 0 Å². The van der Waals surface area contributed by atoms with Crippen molar-refractivity contribution in [3.8, 4) is 23.0 Å². The molecule has 0 saturated carbocycles. The third-order valence-electron chi connectivity index (χ3n) is 3.90. The highest BCUT2D eigenvalue weighted by Crippen LogP contribution is 2.29. The van der Waals surface area contributed by atoms with Crippen molar-refractivity contribution in [2.24, 2.45) is 5.14 Å². The Bertz CT molecular complexity index is 1270. The highest BCUT2D eigenvalue weighted by atomic mass is 32.2. The lowest BCUT2D eigenvalue weighted by Crippen LogP contribution is -2.16. The molecule has 0 amide bonds. The van der Waals surface area contributed by atoms with E-state index in [4.69, 9.17) is 14.8 Å². The maximum absolute atomic E-state index is 14.5. The molecule has 0 aliphatic carbocycles. The van der Waals surface area contributed by atoms with E-state index < -0.39 is 37.9 Å². The minimum atomic E-state index is -4.47. The highest BCUT2D eigenvalue weighted by molar-refractivity contribution is 7.89. The zero-order chi connectivity index (χ0) is 19.9. The number of aryl methyl sites for hydroxylation is 1. The van der Waals surface area contributed by atoms with E-state index >= 15 is 0 Å². The zero-order valence-electron chi connectivity index (χ0n) is 13.7. The molecule has 3 aromatic rings. The summed E-state index contributed by atoms with van der Waals surface area (Å²) >= 11 is 0. The van der Waals surface area contributed by atoms with Crippen LogP contribution in [0.1, 0.15) is 11.1 Å². The second kappa shape index (κ2) is 6.46. The van der Waals surface area contributed by atoms with Crippen LogP contribution in [0.2, 0.25) is 0 Å². The van der Waals surface area contributed by atoms with Gasteiger partial charge in [-0.05, 0) is 36.8 Å². The lowest BCUT2D eigenvalue weighted by molar-refractivity contribution is 0.504. The van der Waals surface area contributed by atoms with Gasteiger partial charge in [0, 0.05) is 5.56 Å². The topological polar surface area (TPSA) is 119 Å². The van der Waals surface area contributed by atoms with Gasteiger partial charge >= 0.3 is 5.76 Å². The van der Waals surface area contributed by atoms with Crippen molar-refractivity contribution in [1.29, 1.82) is 5.26 Å².